The fourth-order valence-corrected chi connectivity index (χ4v) is 0.696. The second-order valence-corrected chi connectivity index (χ2v) is 2.11. The molecule has 1 aliphatic heterocycles. The predicted molar refractivity (Wildman–Crippen MR) is 41.5 cm³/mol. The summed E-state index contributed by atoms with van der Waals surface area (Å²) in [6, 6.07) is 0. The summed E-state index contributed by atoms with van der Waals surface area (Å²) in [7, 11) is 0. The lowest BCUT2D eigenvalue weighted by molar-refractivity contribution is -0.0402. The third kappa shape index (κ3) is 1.62. The van der Waals surface area contributed by atoms with E-state index in [0.717, 1.165) is 5.01 Å². The Morgan fingerprint density at radius 2 is 2.25 bits per heavy atom. The van der Waals surface area contributed by atoms with Crippen LogP contribution in [0.15, 0.2) is 28.8 Å². The van der Waals surface area contributed by atoms with E-state index < -0.39 is 12.0 Å². The van der Waals surface area contributed by atoms with Crippen molar-refractivity contribution in [3.63, 3.8) is 0 Å². The van der Waals surface area contributed by atoms with Gasteiger partial charge in [0.25, 0.3) is 0 Å². The first-order valence-corrected chi connectivity index (χ1v) is 3.17. The number of hydrazine groups is 1. The van der Waals surface area contributed by atoms with Crippen molar-refractivity contribution in [1.82, 2.24) is 5.01 Å². The molecule has 0 amide bonds. The molecule has 0 aliphatic carbocycles. The van der Waals surface area contributed by atoms with E-state index in [-0.39, 0.29) is 5.82 Å². The van der Waals surface area contributed by atoms with Crippen LogP contribution < -0.4 is 5.84 Å². The second-order valence-electron chi connectivity index (χ2n) is 2.11. The van der Waals surface area contributed by atoms with Crippen LogP contribution in [-0.2, 0) is 0 Å². The largest absolute Gasteiger partial charge is 0.504 e. The second kappa shape index (κ2) is 3.35. The van der Waals surface area contributed by atoms with Gasteiger partial charge in [-0.2, -0.15) is 0 Å². The summed E-state index contributed by atoms with van der Waals surface area (Å²) in [5.41, 5.74) is 0. The number of hydrogen-bond donors (Lipinski definition) is 4. The van der Waals surface area contributed by atoms with Crippen molar-refractivity contribution in [3.8, 4) is 0 Å². The lowest BCUT2D eigenvalue weighted by atomic mass is 10.4. The number of allylic oxidation sites excluding steroid dienone is 1. The lowest BCUT2D eigenvalue weighted by Gasteiger charge is -2.18. The Labute approximate surface area is 68.5 Å². The topological polar surface area (TPSA) is 102 Å². The van der Waals surface area contributed by atoms with E-state index in [2.05, 4.69) is 4.99 Å². The van der Waals surface area contributed by atoms with Crippen LogP contribution in [0.5, 0.6) is 0 Å². The van der Waals surface area contributed by atoms with Gasteiger partial charge in [0.2, 0.25) is 6.29 Å². The lowest BCUT2D eigenvalue weighted by Crippen LogP contribution is -2.28. The van der Waals surface area contributed by atoms with Crippen LogP contribution in [0.25, 0.3) is 0 Å². The van der Waals surface area contributed by atoms with Crippen LogP contribution in [0.4, 0.5) is 0 Å². The Kier molecular flexibility index (Phi) is 2.44. The predicted octanol–water partition coefficient (Wildman–Crippen LogP) is -1.20. The molecule has 6 nitrogen and oxygen atoms in total. The van der Waals surface area contributed by atoms with E-state index in [1.807, 2.05) is 0 Å². The molecule has 0 saturated carbocycles. The molecule has 0 aromatic rings. The van der Waals surface area contributed by atoms with Gasteiger partial charge in [0.05, 0.1) is 0 Å². The maximum absolute atomic E-state index is 9.03. The van der Waals surface area contributed by atoms with Crippen molar-refractivity contribution in [2.75, 3.05) is 0 Å². The Morgan fingerprint density at radius 1 is 1.58 bits per heavy atom. The van der Waals surface area contributed by atoms with E-state index in [9.17, 15) is 0 Å². The highest BCUT2D eigenvalue weighted by molar-refractivity contribution is 5.73. The molecule has 0 aromatic carbocycles. The fraction of sp³-hybridized carbons (Fsp3) is 0.167. The fourth-order valence-electron chi connectivity index (χ4n) is 0.696. The molecule has 1 heterocycles. The molecule has 0 bridgehead atoms. The molecule has 6 heteroatoms. The van der Waals surface area contributed by atoms with Crippen molar-refractivity contribution in [3.05, 3.63) is 23.9 Å². The van der Waals surface area contributed by atoms with E-state index in [0.29, 0.717) is 0 Å². The summed E-state index contributed by atoms with van der Waals surface area (Å²) in [6.07, 6.45) is 2.37. The Morgan fingerprint density at radius 3 is 2.75 bits per heavy atom. The summed E-state index contributed by atoms with van der Waals surface area (Å²) in [5, 5.41) is 27.1. The smallest absolute Gasteiger partial charge is 0.215 e. The van der Waals surface area contributed by atoms with E-state index in [1.165, 1.54) is 12.4 Å². The molecule has 0 aromatic heterocycles. The normalized spacial score (nSPS) is 20.5. The van der Waals surface area contributed by atoms with Crippen LogP contribution in [0, 0.1) is 0 Å². The zero-order chi connectivity index (χ0) is 9.14. The van der Waals surface area contributed by atoms with Gasteiger partial charge in [-0.05, 0) is 6.08 Å². The van der Waals surface area contributed by atoms with Gasteiger partial charge in [0.15, 0.2) is 11.6 Å². The van der Waals surface area contributed by atoms with E-state index in [4.69, 9.17) is 21.2 Å². The average molecular weight is 171 g/mol. The number of aliphatic hydroxyl groups excluding tert-OH is 2. The summed E-state index contributed by atoms with van der Waals surface area (Å²) in [4.78, 5) is 3.63. The minimum Gasteiger partial charge on any atom is -0.504 e. The average Bonchev–Trinajstić information content (AvgIpc) is 2.04. The van der Waals surface area contributed by atoms with E-state index >= 15 is 0 Å². The quantitative estimate of drug-likeness (QED) is 0.225. The molecule has 0 spiro atoms. The highest BCUT2D eigenvalue weighted by Crippen LogP contribution is 2.11. The summed E-state index contributed by atoms with van der Waals surface area (Å²) < 4.78 is 0. The molecular weight excluding hydrogens is 162 g/mol. The minimum absolute atomic E-state index is 0.0903. The SMILES string of the molecule is NN1C=CC=N/C1=C(/O)C(O)O. The summed E-state index contributed by atoms with van der Waals surface area (Å²) >= 11 is 0. The van der Waals surface area contributed by atoms with Crippen molar-refractivity contribution in [1.29, 1.82) is 0 Å². The Hall–Kier alpha value is -1.37. The molecule has 0 atom stereocenters. The number of hydrogen-bond acceptors (Lipinski definition) is 6. The zero-order valence-electron chi connectivity index (χ0n) is 6.12. The van der Waals surface area contributed by atoms with Crippen LogP contribution in [0.1, 0.15) is 0 Å². The van der Waals surface area contributed by atoms with Gasteiger partial charge in [-0.15, -0.1) is 0 Å². The Balaban J connectivity index is 2.94. The number of nitrogens with zero attached hydrogens (tertiary/aromatic N) is 2. The molecule has 5 N–H and O–H groups in total. The number of rotatable bonds is 1. The number of aliphatic hydroxyl groups is 3. The van der Waals surface area contributed by atoms with Gasteiger partial charge in [-0.3, -0.25) is 5.01 Å². The molecule has 1 rings (SSSR count). The van der Waals surface area contributed by atoms with Gasteiger partial charge < -0.3 is 15.3 Å². The first kappa shape index (κ1) is 8.72. The highest BCUT2D eigenvalue weighted by Gasteiger charge is 2.15. The van der Waals surface area contributed by atoms with Crippen molar-refractivity contribution >= 4 is 6.21 Å². The molecule has 0 fully saturated rings. The maximum Gasteiger partial charge on any atom is 0.215 e. The summed E-state index contributed by atoms with van der Waals surface area (Å²) in [6.45, 7) is 0. The number of aliphatic imine (C=N–C) groups is 1. The first-order chi connectivity index (χ1) is 5.63. The van der Waals surface area contributed by atoms with Crippen LogP contribution in [0.2, 0.25) is 0 Å². The zero-order valence-corrected chi connectivity index (χ0v) is 6.12. The van der Waals surface area contributed by atoms with Gasteiger partial charge >= 0.3 is 0 Å². The van der Waals surface area contributed by atoms with Gasteiger partial charge in [-0.25, -0.2) is 10.8 Å². The standard InChI is InChI=1S/C6H9N3O3/c7-9-3-1-2-8-5(9)4(10)6(11)12/h1-3,6,10-12H,7H2/b5-4-. The molecule has 0 radical (unpaired) electrons. The minimum atomic E-state index is -1.96. The van der Waals surface area contributed by atoms with Crippen LogP contribution in [-0.4, -0.2) is 32.8 Å². The van der Waals surface area contributed by atoms with Crippen molar-refractivity contribution < 1.29 is 15.3 Å². The third-order valence-corrected chi connectivity index (χ3v) is 1.25. The van der Waals surface area contributed by atoms with Crippen LogP contribution >= 0.6 is 0 Å². The monoisotopic (exact) mass is 171 g/mol. The first-order valence-electron chi connectivity index (χ1n) is 3.17. The molecule has 1 aliphatic rings. The molecular formula is C6H9N3O3. The molecule has 0 saturated heterocycles. The Bertz CT molecular complexity index is 257. The van der Waals surface area contributed by atoms with Crippen molar-refractivity contribution in [2.24, 2.45) is 10.8 Å². The molecule has 66 valence electrons. The molecule has 0 unspecified atom stereocenters. The summed E-state index contributed by atoms with van der Waals surface area (Å²) in [5.74, 6) is 4.54. The highest BCUT2D eigenvalue weighted by atomic mass is 16.5. The molecule has 12 heavy (non-hydrogen) atoms. The third-order valence-electron chi connectivity index (χ3n) is 1.25. The van der Waals surface area contributed by atoms with E-state index in [1.54, 1.807) is 6.08 Å². The van der Waals surface area contributed by atoms with Crippen molar-refractivity contribution in [2.45, 2.75) is 6.29 Å². The van der Waals surface area contributed by atoms with Gasteiger partial charge in [0, 0.05) is 12.4 Å². The van der Waals surface area contributed by atoms with Crippen LogP contribution in [0.3, 0.4) is 0 Å². The van der Waals surface area contributed by atoms with Gasteiger partial charge in [-0.1, -0.05) is 0 Å². The number of nitrogens with two attached hydrogens (primary N) is 1. The van der Waals surface area contributed by atoms with Gasteiger partial charge in [0.1, 0.15) is 0 Å². The maximum atomic E-state index is 9.03.